The number of unbranched alkanes of at least 4 members (excludes halogenated alkanes) is 1. The van der Waals surface area contributed by atoms with Crippen LogP contribution < -0.4 is 0 Å². The van der Waals surface area contributed by atoms with Gasteiger partial charge in [0.2, 0.25) is 6.05 Å². The molecule has 0 unspecified atom stereocenters. The van der Waals surface area contributed by atoms with Crippen molar-refractivity contribution in [2.45, 2.75) is 37.4 Å². The third kappa shape index (κ3) is 23.2. The summed E-state index contributed by atoms with van der Waals surface area (Å²) >= 11 is 0. The van der Waals surface area contributed by atoms with Crippen molar-refractivity contribution in [3.8, 4) is 12.1 Å². The van der Waals surface area contributed by atoms with Crippen LogP contribution in [0.2, 0.25) is 12.1 Å². The average molecular weight is 270 g/mol. The number of hydrogen-bond acceptors (Lipinski definition) is 2. The SMILES string of the molecule is N#CCCC[SiH](F)F.N#CCC[SiH2]C(F)F. The summed E-state index contributed by atoms with van der Waals surface area (Å²) in [7, 11) is -4.57. The maximum Gasteiger partial charge on any atom is 0.411 e. The van der Waals surface area contributed by atoms with E-state index in [4.69, 9.17) is 10.5 Å². The van der Waals surface area contributed by atoms with Gasteiger partial charge in [0.15, 0.2) is 0 Å². The molecule has 2 nitrogen and oxygen atoms in total. The fraction of sp³-hybridized carbons (Fsp3) is 0.750. The molecule has 0 fully saturated rings. The first kappa shape index (κ1) is 17.5. The molecule has 92 valence electrons. The van der Waals surface area contributed by atoms with Crippen LogP contribution in [0, 0.1) is 22.7 Å². The topological polar surface area (TPSA) is 47.6 Å². The summed E-state index contributed by atoms with van der Waals surface area (Å²) in [4.78, 5) is 0. The van der Waals surface area contributed by atoms with Crippen molar-refractivity contribution >= 4 is 19.0 Å². The predicted molar refractivity (Wildman–Crippen MR) is 58.6 cm³/mol. The van der Waals surface area contributed by atoms with Crippen LogP contribution in [0.1, 0.15) is 19.3 Å². The van der Waals surface area contributed by atoms with Gasteiger partial charge in [-0.25, -0.2) is 8.78 Å². The van der Waals surface area contributed by atoms with Gasteiger partial charge in [-0.05, 0) is 18.5 Å². The second-order valence-corrected chi connectivity index (χ2v) is 6.14. The fourth-order valence-electron chi connectivity index (χ4n) is 0.671. The molecule has 0 rings (SSSR count). The molecular weight excluding hydrogens is 256 g/mol. The molecule has 8 heteroatoms. The Morgan fingerprint density at radius 1 is 1.12 bits per heavy atom. The lowest BCUT2D eigenvalue weighted by Crippen LogP contribution is -2.01. The Morgan fingerprint density at radius 2 is 1.69 bits per heavy atom. The first-order valence-electron chi connectivity index (χ1n) is 4.84. The van der Waals surface area contributed by atoms with E-state index in [-0.39, 0.29) is 12.5 Å². The van der Waals surface area contributed by atoms with Gasteiger partial charge in [-0.15, -0.1) is 0 Å². The van der Waals surface area contributed by atoms with Gasteiger partial charge in [0.05, 0.1) is 12.1 Å². The van der Waals surface area contributed by atoms with E-state index in [9.17, 15) is 17.0 Å². The Balaban J connectivity index is 0. The summed E-state index contributed by atoms with van der Waals surface area (Å²) in [6.45, 7) is 0. The van der Waals surface area contributed by atoms with Crippen LogP contribution in [-0.4, -0.2) is 25.0 Å². The van der Waals surface area contributed by atoms with E-state index >= 15 is 0 Å². The van der Waals surface area contributed by atoms with E-state index in [1.807, 2.05) is 12.1 Å². The Labute approximate surface area is 96.6 Å². The minimum Gasteiger partial charge on any atom is -0.275 e. The van der Waals surface area contributed by atoms with Gasteiger partial charge >= 0.3 is 9.46 Å². The van der Waals surface area contributed by atoms with Crippen LogP contribution in [0.4, 0.5) is 17.0 Å². The second kappa shape index (κ2) is 14.1. The van der Waals surface area contributed by atoms with Crippen LogP contribution in [0.3, 0.4) is 0 Å². The van der Waals surface area contributed by atoms with Crippen molar-refractivity contribution < 1.29 is 17.0 Å². The molecule has 0 spiro atoms. The van der Waals surface area contributed by atoms with Crippen LogP contribution in [-0.2, 0) is 0 Å². The molecule has 0 saturated carbocycles. The minimum absolute atomic E-state index is 0.00639. The van der Waals surface area contributed by atoms with Crippen LogP contribution >= 0.6 is 0 Å². The van der Waals surface area contributed by atoms with Crippen molar-refractivity contribution in [1.82, 2.24) is 0 Å². The van der Waals surface area contributed by atoms with Gasteiger partial charge in [0, 0.05) is 12.8 Å². The van der Waals surface area contributed by atoms with E-state index in [2.05, 4.69) is 0 Å². The maximum absolute atomic E-state index is 11.4. The number of hydrogen-bond donors (Lipinski definition) is 0. The smallest absolute Gasteiger partial charge is 0.275 e. The van der Waals surface area contributed by atoms with Gasteiger partial charge in [-0.1, -0.05) is 0 Å². The molecule has 0 aliphatic heterocycles. The summed E-state index contributed by atoms with van der Waals surface area (Å²) in [6.07, 6.45) is 0.953. The van der Waals surface area contributed by atoms with Crippen molar-refractivity contribution in [3.63, 3.8) is 0 Å². The quantitative estimate of drug-likeness (QED) is 0.321. The number of halogens is 4. The molecule has 0 radical (unpaired) electrons. The summed E-state index contributed by atoms with van der Waals surface area (Å²) in [5, 5.41) is 15.8. The first-order valence-corrected chi connectivity index (χ1v) is 8.35. The largest absolute Gasteiger partial charge is 0.411 e. The second-order valence-electron chi connectivity index (χ2n) is 2.88. The Kier molecular flexibility index (Phi) is 15.5. The number of nitriles is 2. The lowest BCUT2D eigenvalue weighted by Gasteiger charge is -1.89. The van der Waals surface area contributed by atoms with Gasteiger partial charge in [0.1, 0.15) is 9.52 Å². The zero-order chi connectivity index (χ0) is 12.8. The highest BCUT2D eigenvalue weighted by Gasteiger charge is 2.04. The summed E-state index contributed by atoms with van der Waals surface area (Å²) < 4.78 is 45.4. The van der Waals surface area contributed by atoms with Crippen molar-refractivity contribution in [3.05, 3.63) is 0 Å². The van der Waals surface area contributed by atoms with Crippen molar-refractivity contribution in [2.75, 3.05) is 0 Å². The van der Waals surface area contributed by atoms with Crippen LogP contribution in [0.5, 0.6) is 0 Å². The molecule has 0 saturated heterocycles. The lowest BCUT2D eigenvalue weighted by atomic mass is 10.4. The van der Waals surface area contributed by atoms with Crippen LogP contribution in [0.15, 0.2) is 0 Å². The molecule has 0 heterocycles. The van der Waals surface area contributed by atoms with Crippen molar-refractivity contribution in [2.24, 2.45) is 0 Å². The molecule has 0 aromatic rings. The minimum atomic E-state index is -3.35. The van der Waals surface area contributed by atoms with E-state index in [1.165, 1.54) is 0 Å². The number of rotatable bonds is 6. The van der Waals surface area contributed by atoms with E-state index in [0.29, 0.717) is 18.9 Å². The van der Waals surface area contributed by atoms with E-state index in [1.54, 1.807) is 0 Å². The molecular formula is C8H14F4N2Si2. The van der Waals surface area contributed by atoms with Gasteiger partial charge in [-0.3, -0.25) is 8.22 Å². The molecule has 0 aliphatic carbocycles. The zero-order valence-corrected chi connectivity index (χ0v) is 11.4. The van der Waals surface area contributed by atoms with Crippen molar-refractivity contribution in [1.29, 1.82) is 10.5 Å². The van der Waals surface area contributed by atoms with E-state index in [0.717, 1.165) is 0 Å². The molecule has 0 N–H and O–H groups in total. The lowest BCUT2D eigenvalue weighted by molar-refractivity contribution is 0.237. The fourth-order valence-corrected chi connectivity index (χ4v) is 1.85. The van der Waals surface area contributed by atoms with Gasteiger partial charge in [-0.2, -0.15) is 10.5 Å². The Morgan fingerprint density at radius 3 is 2.06 bits per heavy atom. The monoisotopic (exact) mass is 270 g/mol. The molecule has 0 bridgehead atoms. The first-order chi connectivity index (χ1) is 7.54. The highest BCUT2D eigenvalue weighted by molar-refractivity contribution is 6.42. The third-order valence-corrected chi connectivity index (χ3v) is 3.46. The summed E-state index contributed by atoms with van der Waals surface area (Å²) in [5.41, 5.74) is 0. The average Bonchev–Trinajstić information content (AvgIpc) is 2.18. The highest BCUT2D eigenvalue weighted by atomic mass is 28.4. The van der Waals surface area contributed by atoms with E-state index < -0.39 is 25.0 Å². The zero-order valence-electron chi connectivity index (χ0n) is 8.80. The molecule has 0 atom stereocenters. The number of alkyl halides is 2. The molecule has 0 aromatic heterocycles. The third-order valence-electron chi connectivity index (χ3n) is 1.42. The van der Waals surface area contributed by atoms with Crippen LogP contribution in [0.25, 0.3) is 0 Å². The Bertz CT molecular complexity index is 201. The molecule has 0 aromatic carbocycles. The highest BCUT2D eigenvalue weighted by Crippen LogP contribution is 2.01. The van der Waals surface area contributed by atoms with Gasteiger partial charge < -0.3 is 0 Å². The normalized spacial score (nSPS) is 10.0. The molecule has 0 amide bonds. The molecule has 16 heavy (non-hydrogen) atoms. The molecule has 0 aliphatic rings. The number of nitrogens with zero attached hydrogens (tertiary/aromatic N) is 2. The summed E-state index contributed by atoms with van der Waals surface area (Å²) in [5.74, 6) is 0. The Hall–Kier alpha value is -0.866. The predicted octanol–water partition coefficient (Wildman–Crippen LogP) is 2.16. The summed E-state index contributed by atoms with van der Waals surface area (Å²) in [6, 6.07) is 1.97. The maximum atomic E-state index is 11.4. The van der Waals surface area contributed by atoms with Gasteiger partial charge in [0.25, 0.3) is 0 Å². The standard InChI is InChI=1S/2C4H7F2NSi/c5-4(6)8-3-1-2-7;5-8(6)4-2-1-3-7/h4H,1,3,8H2;8H,1-2,4H2.